The summed E-state index contributed by atoms with van der Waals surface area (Å²) in [6, 6.07) is 5.35. The van der Waals surface area contributed by atoms with Crippen molar-refractivity contribution in [2.75, 3.05) is 18.1 Å². The van der Waals surface area contributed by atoms with E-state index in [1.54, 1.807) is 30.6 Å². The van der Waals surface area contributed by atoms with Crippen LogP contribution in [0.5, 0.6) is 0 Å². The second-order valence-electron chi connectivity index (χ2n) is 5.54. The Kier molecular flexibility index (Phi) is 4.52. The van der Waals surface area contributed by atoms with Crippen molar-refractivity contribution in [2.24, 2.45) is 5.92 Å². The standard InChI is InChI=1S/C15H15F3N4O2/c16-15(17,18)24-9-10-3-6-22(14(23)7-10)13-8-12(20-21-13)11-1-4-19-5-2-11/h1-2,4-5,8,10H,3,6-7,9H2,(H,20,21). The summed E-state index contributed by atoms with van der Waals surface area (Å²) in [7, 11) is 0. The van der Waals surface area contributed by atoms with Crippen LogP contribution in [0, 0.1) is 5.92 Å². The summed E-state index contributed by atoms with van der Waals surface area (Å²) in [6.07, 6.45) is -0.936. The monoisotopic (exact) mass is 340 g/mol. The fraction of sp³-hybridized carbons (Fsp3) is 0.400. The molecule has 9 heteroatoms. The number of rotatable bonds is 4. The maximum atomic E-state index is 12.2. The molecule has 0 aromatic carbocycles. The molecule has 0 spiro atoms. The fourth-order valence-corrected chi connectivity index (χ4v) is 2.62. The van der Waals surface area contributed by atoms with Crippen LogP contribution in [0.1, 0.15) is 12.8 Å². The third-order valence-electron chi connectivity index (χ3n) is 3.84. The summed E-state index contributed by atoms with van der Waals surface area (Å²) in [4.78, 5) is 17.6. The number of nitrogens with one attached hydrogen (secondary N) is 1. The Hall–Kier alpha value is -2.42. The molecule has 1 aliphatic rings. The molecular weight excluding hydrogens is 325 g/mol. The second kappa shape index (κ2) is 6.60. The SMILES string of the molecule is O=C1CC(COC(F)(F)F)CCN1c1cc(-c2ccncc2)[nH]n1. The third-order valence-corrected chi connectivity index (χ3v) is 3.84. The molecule has 0 radical (unpaired) electrons. The molecule has 1 saturated heterocycles. The van der Waals surface area contributed by atoms with E-state index in [0.29, 0.717) is 18.8 Å². The number of aromatic nitrogens is 3. The van der Waals surface area contributed by atoms with Crippen LogP contribution in [-0.4, -0.2) is 40.6 Å². The zero-order valence-corrected chi connectivity index (χ0v) is 12.6. The van der Waals surface area contributed by atoms with Gasteiger partial charge in [-0.1, -0.05) is 0 Å². The highest BCUT2D eigenvalue weighted by atomic mass is 19.4. The van der Waals surface area contributed by atoms with Gasteiger partial charge in [-0.15, -0.1) is 13.2 Å². The van der Waals surface area contributed by atoms with Crippen LogP contribution in [0.15, 0.2) is 30.6 Å². The van der Waals surface area contributed by atoms with Crippen LogP contribution in [0.3, 0.4) is 0 Å². The summed E-state index contributed by atoms with van der Waals surface area (Å²) in [5.41, 5.74) is 1.62. The van der Waals surface area contributed by atoms with E-state index in [2.05, 4.69) is 19.9 Å². The molecule has 1 N–H and O–H groups in total. The van der Waals surface area contributed by atoms with Crippen molar-refractivity contribution < 1.29 is 22.7 Å². The van der Waals surface area contributed by atoms with Gasteiger partial charge in [0.25, 0.3) is 0 Å². The van der Waals surface area contributed by atoms with E-state index in [1.165, 1.54) is 4.90 Å². The van der Waals surface area contributed by atoms with E-state index >= 15 is 0 Å². The molecule has 1 unspecified atom stereocenters. The Labute approximate surface area is 135 Å². The van der Waals surface area contributed by atoms with Crippen LogP contribution in [-0.2, 0) is 9.53 Å². The van der Waals surface area contributed by atoms with Gasteiger partial charge in [-0.2, -0.15) is 5.10 Å². The highest BCUT2D eigenvalue weighted by Gasteiger charge is 2.34. The first-order valence-electron chi connectivity index (χ1n) is 7.39. The lowest BCUT2D eigenvalue weighted by Gasteiger charge is -2.30. The van der Waals surface area contributed by atoms with Gasteiger partial charge in [-0.25, -0.2) is 0 Å². The van der Waals surface area contributed by atoms with Gasteiger partial charge in [0, 0.05) is 37.0 Å². The van der Waals surface area contributed by atoms with Gasteiger partial charge >= 0.3 is 6.36 Å². The molecule has 3 rings (SSSR count). The van der Waals surface area contributed by atoms with Crippen molar-refractivity contribution in [3.8, 4) is 11.3 Å². The minimum Gasteiger partial charge on any atom is -0.295 e. The molecule has 24 heavy (non-hydrogen) atoms. The summed E-state index contributed by atoms with van der Waals surface area (Å²) in [5, 5.41) is 6.98. The number of nitrogens with zero attached hydrogens (tertiary/aromatic N) is 3. The summed E-state index contributed by atoms with van der Waals surface area (Å²) in [5.74, 6) is -0.235. The molecule has 128 valence electrons. The lowest BCUT2D eigenvalue weighted by Crippen LogP contribution is -2.40. The number of H-pyrrole nitrogens is 1. The molecule has 1 aliphatic heterocycles. The molecule has 1 atom stereocenters. The largest absolute Gasteiger partial charge is 0.522 e. The van der Waals surface area contributed by atoms with E-state index in [-0.39, 0.29) is 12.3 Å². The Balaban J connectivity index is 1.63. The molecule has 0 bridgehead atoms. The topological polar surface area (TPSA) is 71.1 Å². The maximum absolute atomic E-state index is 12.2. The van der Waals surface area contributed by atoms with Crippen LogP contribution in [0.4, 0.5) is 19.0 Å². The second-order valence-corrected chi connectivity index (χ2v) is 5.54. The number of aromatic amines is 1. The van der Waals surface area contributed by atoms with Crippen molar-refractivity contribution >= 4 is 11.7 Å². The van der Waals surface area contributed by atoms with E-state index in [1.807, 2.05) is 0 Å². The van der Waals surface area contributed by atoms with Gasteiger partial charge in [-0.05, 0) is 24.5 Å². The Morgan fingerprint density at radius 1 is 1.33 bits per heavy atom. The minimum atomic E-state index is -4.66. The highest BCUT2D eigenvalue weighted by Crippen LogP contribution is 2.28. The number of amides is 1. The minimum absolute atomic E-state index is 0.00747. The Bertz CT molecular complexity index is 702. The first kappa shape index (κ1) is 16.4. The van der Waals surface area contributed by atoms with E-state index < -0.39 is 18.9 Å². The van der Waals surface area contributed by atoms with Crippen molar-refractivity contribution in [3.05, 3.63) is 30.6 Å². The van der Waals surface area contributed by atoms with E-state index in [0.717, 1.165) is 11.3 Å². The number of ether oxygens (including phenoxy) is 1. The average Bonchev–Trinajstić information content (AvgIpc) is 3.03. The average molecular weight is 340 g/mol. The molecule has 2 aromatic heterocycles. The summed E-state index contributed by atoms with van der Waals surface area (Å²) < 4.78 is 40.1. The lowest BCUT2D eigenvalue weighted by atomic mass is 9.97. The van der Waals surface area contributed by atoms with Gasteiger partial charge in [0.05, 0.1) is 12.3 Å². The van der Waals surface area contributed by atoms with Crippen molar-refractivity contribution in [3.63, 3.8) is 0 Å². The number of carbonyl (C=O) groups is 1. The molecule has 0 saturated carbocycles. The number of alkyl halides is 3. The third kappa shape index (κ3) is 3.91. The molecule has 0 aliphatic carbocycles. The number of carbonyl (C=O) groups excluding carboxylic acids is 1. The number of piperidine rings is 1. The van der Waals surface area contributed by atoms with Crippen LogP contribution >= 0.6 is 0 Å². The van der Waals surface area contributed by atoms with Gasteiger partial charge in [0.1, 0.15) is 0 Å². The number of hydrogen-bond donors (Lipinski definition) is 1. The van der Waals surface area contributed by atoms with Crippen LogP contribution in [0.2, 0.25) is 0 Å². The molecule has 1 amide bonds. The molecule has 2 aromatic rings. The quantitative estimate of drug-likeness (QED) is 0.929. The zero-order valence-electron chi connectivity index (χ0n) is 12.6. The normalized spacial score (nSPS) is 18.9. The van der Waals surface area contributed by atoms with Gasteiger partial charge in [0.15, 0.2) is 5.82 Å². The number of pyridine rings is 1. The summed E-state index contributed by atoms with van der Waals surface area (Å²) >= 11 is 0. The number of halogens is 3. The molecule has 6 nitrogen and oxygen atoms in total. The first-order chi connectivity index (χ1) is 11.4. The van der Waals surface area contributed by atoms with Gasteiger partial charge in [-0.3, -0.25) is 24.5 Å². The number of anilines is 1. The zero-order chi connectivity index (χ0) is 17.2. The van der Waals surface area contributed by atoms with Gasteiger partial charge in [0.2, 0.25) is 5.91 Å². The lowest BCUT2D eigenvalue weighted by molar-refractivity contribution is -0.328. The molecule has 1 fully saturated rings. The molecule has 3 heterocycles. The van der Waals surface area contributed by atoms with Gasteiger partial charge < -0.3 is 0 Å². The highest BCUT2D eigenvalue weighted by molar-refractivity contribution is 5.93. The van der Waals surface area contributed by atoms with Crippen molar-refractivity contribution in [2.45, 2.75) is 19.2 Å². The summed E-state index contributed by atoms with van der Waals surface area (Å²) in [6.45, 7) is -0.183. The van der Waals surface area contributed by atoms with Crippen LogP contribution in [0.25, 0.3) is 11.3 Å². The van der Waals surface area contributed by atoms with Crippen molar-refractivity contribution in [1.82, 2.24) is 15.2 Å². The van der Waals surface area contributed by atoms with Crippen molar-refractivity contribution in [1.29, 1.82) is 0 Å². The predicted octanol–water partition coefficient (Wildman–Crippen LogP) is 2.75. The maximum Gasteiger partial charge on any atom is 0.522 e. The Morgan fingerprint density at radius 3 is 2.75 bits per heavy atom. The smallest absolute Gasteiger partial charge is 0.295 e. The molecular formula is C15H15F3N4O2. The number of hydrogen-bond acceptors (Lipinski definition) is 4. The van der Waals surface area contributed by atoms with Crippen LogP contribution < -0.4 is 4.90 Å². The fourth-order valence-electron chi connectivity index (χ4n) is 2.62. The Morgan fingerprint density at radius 2 is 2.08 bits per heavy atom. The predicted molar refractivity (Wildman–Crippen MR) is 78.9 cm³/mol. The van der Waals surface area contributed by atoms with E-state index in [4.69, 9.17) is 0 Å². The first-order valence-corrected chi connectivity index (χ1v) is 7.39. The van der Waals surface area contributed by atoms with E-state index in [9.17, 15) is 18.0 Å².